The zero-order valence-electron chi connectivity index (χ0n) is 12.2. The van der Waals surface area contributed by atoms with Crippen LogP contribution >= 0.6 is 0 Å². The number of pyridine rings is 1. The van der Waals surface area contributed by atoms with Crippen LogP contribution in [0.5, 0.6) is 5.75 Å². The number of benzene rings is 1. The maximum atomic E-state index is 10.2. The number of hydrogen-bond acceptors (Lipinski definition) is 4. The van der Waals surface area contributed by atoms with Crippen LogP contribution in [0.25, 0.3) is 17.0 Å². The summed E-state index contributed by atoms with van der Waals surface area (Å²) in [6.45, 7) is 3.48. The Morgan fingerprint density at radius 2 is 1.81 bits per heavy atom. The van der Waals surface area contributed by atoms with E-state index < -0.39 is 5.60 Å². The van der Waals surface area contributed by atoms with Crippen LogP contribution in [-0.4, -0.2) is 26.8 Å². The molecule has 108 valence electrons. The van der Waals surface area contributed by atoms with Crippen molar-refractivity contribution >= 4 is 5.65 Å². The van der Waals surface area contributed by atoms with E-state index in [4.69, 9.17) is 4.74 Å². The highest BCUT2D eigenvalue weighted by molar-refractivity contribution is 5.62. The van der Waals surface area contributed by atoms with Crippen molar-refractivity contribution in [3.63, 3.8) is 0 Å². The molecule has 0 amide bonds. The average molecular weight is 283 g/mol. The molecule has 0 saturated heterocycles. The van der Waals surface area contributed by atoms with E-state index >= 15 is 0 Å². The van der Waals surface area contributed by atoms with E-state index in [1.165, 1.54) is 0 Å². The highest BCUT2D eigenvalue weighted by Gasteiger charge is 2.22. The minimum Gasteiger partial charge on any atom is -0.497 e. The number of aromatic nitrogens is 3. The molecule has 0 aliphatic rings. The molecule has 0 atom stereocenters. The molecule has 2 aromatic heterocycles. The number of rotatable bonds is 3. The van der Waals surface area contributed by atoms with Gasteiger partial charge in [-0.25, -0.2) is 0 Å². The summed E-state index contributed by atoms with van der Waals surface area (Å²) in [5, 5.41) is 18.7. The van der Waals surface area contributed by atoms with Crippen LogP contribution in [0.15, 0.2) is 42.6 Å². The van der Waals surface area contributed by atoms with Crippen LogP contribution in [0.2, 0.25) is 0 Å². The first-order chi connectivity index (χ1) is 10.0. The molecule has 21 heavy (non-hydrogen) atoms. The summed E-state index contributed by atoms with van der Waals surface area (Å²) in [7, 11) is 1.64. The molecule has 0 fully saturated rings. The second-order valence-corrected chi connectivity index (χ2v) is 5.43. The number of aliphatic hydroxyl groups is 1. The molecule has 3 aromatic rings. The Labute approximate surface area is 122 Å². The SMILES string of the molecule is COc1ccc(-c2nnc3c(C(C)(C)O)cccn23)cc1. The molecule has 0 saturated carbocycles. The number of hydrogen-bond donors (Lipinski definition) is 1. The monoisotopic (exact) mass is 283 g/mol. The number of nitrogens with zero attached hydrogens (tertiary/aromatic N) is 3. The summed E-state index contributed by atoms with van der Waals surface area (Å²) in [4.78, 5) is 0. The van der Waals surface area contributed by atoms with Crippen molar-refractivity contribution in [2.75, 3.05) is 7.11 Å². The van der Waals surface area contributed by atoms with Crippen LogP contribution in [0.3, 0.4) is 0 Å². The second-order valence-electron chi connectivity index (χ2n) is 5.43. The molecule has 0 unspecified atom stereocenters. The number of ether oxygens (including phenoxy) is 1. The van der Waals surface area contributed by atoms with Gasteiger partial charge in [0.25, 0.3) is 0 Å². The summed E-state index contributed by atoms with van der Waals surface area (Å²) in [6, 6.07) is 11.4. The summed E-state index contributed by atoms with van der Waals surface area (Å²) in [5.41, 5.74) is 1.39. The second kappa shape index (κ2) is 4.86. The van der Waals surface area contributed by atoms with Crippen molar-refractivity contribution in [1.29, 1.82) is 0 Å². The third-order valence-corrected chi connectivity index (χ3v) is 3.44. The van der Waals surface area contributed by atoms with Crippen LogP contribution in [0.4, 0.5) is 0 Å². The lowest BCUT2D eigenvalue weighted by Gasteiger charge is -2.17. The number of fused-ring (bicyclic) bond motifs is 1. The Bertz CT molecular complexity index is 770. The van der Waals surface area contributed by atoms with Crippen molar-refractivity contribution < 1.29 is 9.84 Å². The largest absolute Gasteiger partial charge is 0.497 e. The molecule has 0 radical (unpaired) electrons. The molecule has 5 nitrogen and oxygen atoms in total. The van der Waals surface area contributed by atoms with Gasteiger partial charge in [-0.2, -0.15) is 0 Å². The van der Waals surface area contributed by atoms with E-state index in [2.05, 4.69) is 10.2 Å². The highest BCUT2D eigenvalue weighted by Crippen LogP contribution is 2.27. The Kier molecular flexibility index (Phi) is 3.14. The van der Waals surface area contributed by atoms with Gasteiger partial charge in [-0.1, -0.05) is 6.07 Å². The fourth-order valence-corrected chi connectivity index (χ4v) is 2.33. The van der Waals surface area contributed by atoms with Crippen molar-refractivity contribution in [3.8, 4) is 17.1 Å². The fourth-order valence-electron chi connectivity index (χ4n) is 2.33. The summed E-state index contributed by atoms with van der Waals surface area (Å²) in [6.07, 6.45) is 1.89. The summed E-state index contributed by atoms with van der Waals surface area (Å²) < 4.78 is 7.05. The Morgan fingerprint density at radius 3 is 2.43 bits per heavy atom. The van der Waals surface area contributed by atoms with Gasteiger partial charge < -0.3 is 9.84 Å². The first-order valence-electron chi connectivity index (χ1n) is 6.72. The van der Waals surface area contributed by atoms with Gasteiger partial charge in [-0.3, -0.25) is 4.40 Å². The lowest BCUT2D eigenvalue weighted by atomic mass is 10.00. The van der Waals surface area contributed by atoms with Crippen LogP contribution in [-0.2, 0) is 5.60 Å². The van der Waals surface area contributed by atoms with Crippen molar-refractivity contribution in [1.82, 2.24) is 14.6 Å². The molecule has 1 N–H and O–H groups in total. The molecular formula is C16H17N3O2. The van der Waals surface area contributed by atoms with Crippen molar-refractivity contribution in [3.05, 3.63) is 48.2 Å². The van der Waals surface area contributed by atoms with E-state index in [1.807, 2.05) is 47.0 Å². The Balaban J connectivity index is 2.16. The molecule has 5 heteroatoms. The van der Waals surface area contributed by atoms with Gasteiger partial charge in [-0.15, -0.1) is 10.2 Å². The topological polar surface area (TPSA) is 59.7 Å². The maximum absolute atomic E-state index is 10.2. The van der Waals surface area contributed by atoms with E-state index in [9.17, 15) is 5.11 Å². The smallest absolute Gasteiger partial charge is 0.168 e. The third kappa shape index (κ3) is 2.36. The van der Waals surface area contributed by atoms with E-state index in [0.29, 0.717) is 5.65 Å². The minimum atomic E-state index is -0.966. The van der Waals surface area contributed by atoms with Crippen LogP contribution < -0.4 is 4.74 Å². The van der Waals surface area contributed by atoms with Gasteiger partial charge in [0.05, 0.1) is 12.7 Å². The molecule has 0 aliphatic heterocycles. The van der Waals surface area contributed by atoms with Crippen molar-refractivity contribution in [2.45, 2.75) is 19.4 Å². The lowest BCUT2D eigenvalue weighted by Crippen LogP contribution is -2.16. The van der Waals surface area contributed by atoms with Gasteiger partial charge in [0, 0.05) is 17.3 Å². The summed E-state index contributed by atoms with van der Waals surface area (Å²) in [5.74, 6) is 1.53. The van der Waals surface area contributed by atoms with E-state index in [0.717, 1.165) is 22.7 Å². The van der Waals surface area contributed by atoms with Gasteiger partial charge in [0.15, 0.2) is 11.5 Å². The lowest BCUT2D eigenvalue weighted by molar-refractivity contribution is 0.0796. The zero-order chi connectivity index (χ0) is 15.0. The fraction of sp³-hybridized carbons (Fsp3) is 0.250. The van der Waals surface area contributed by atoms with Gasteiger partial charge >= 0.3 is 0 Å². The van der Waals surface area contributed by atoms with Crippen LogP contribution in [0.1, 0.15) is 19.4 Å². The van der Waals surface area contributed by atoms with E-state index in [-0.39, 0.29) is 0 Å². The highest BCUT2D eigenvalue weighted by atomic mass is 16.5. The summed E-state index contributed by atoms with van der Waals surface area (Å²) >= 11 is 0. The van der Waals surface area contributed by atoms with Gasteiger partial charge in [0.1, 0.15) is 5.75 Å². The zero-order valence-corrected chi connectivity index (χ0v) is 12.2. The van der Waals surface area contributed by atoms with Gasteiger partial charge in [-0.05, 0) is 44.2 Å². The van der Waals surface area contributed by atoms with Crippen LogP contribution in [0, 0.1) is 0 Å². The van der Waals surface area contributed by atoms with E-state index in [1.54, 1.807) is 21.0 Å². The molecule has 0 bridgehead atoms. The first kappa shape index (κ1) is 13.6. The Hall–Kier alpha value is -2.40. The first-order valence-corrected chi connectivity index (χ1v) is 6.72. The third-order valence-electron chi connectivity index (χ3n) is 3.44. The minimum absolute atomic E-state index is 0.663. The molecule has 0 spiro atoms. The quantitative estimate of drug-likeness (QED) is 0.802. The van der Waals surface area contributed by atoms with Crippen molar-refractivity contribution in [2.24, 2.45) is 0 Å². The normalized spacial score (nSPS) is 11.8. The molecule has 2 heterocycles. The van der Waals surface area contributed by atoms with Gasteiger partial charge in [0.2, 0.25) is 0 Å². The maximum Gasteiger partial charge on any atom is 0.168 e. The predicted octanol–water partition coefficient (Wildman–Crippen LogP) is 2.63. The molecular weight excluding hydrogens is 266 g/mol. The predicted molar refractivity (Wildman–Crippen MR) is 80.2 cm³/mol. The standard InChI is InChI=1S/C16H17N3O2/c1-16(2,20)13-5-4-10-19-14(17-18-15(13)19)11-6-8-12(21-3)9-7-11/h4-10,20H,1-3H3. The molecule has 0 aliphatic carbocycles. The average Bonchev–Trinajstić information content (AvgIpc) is 2.90. The molecule has 3 rings (SSSR count). The molecule has 1 aromatic carbocycles. The number of methoxy groups -OCH3 is 1. The Morgan fingerprint density at radius 1 is 1.10 bits per heavy atom.